The Bertz CT molecular complexity index is 926. The molecular formula is C22H26N2O4S. The molecule has 1 heterocycles. The molecule has 1 aromatic heterocycles. The van der Waals surface area contributed by atoms with Gasteiger partial charge in [-0.15, -0.1) is 11.3 Å². The molecule has 0 aliphatic carbocycles. The number of ether oxygens (including phenoxy) is 2. The number of anilines is 2. The summed E-state index contributed by atoms with van der Waals surface area (Å²) in [7, 11) is 0. The number of hydrogen-bond donors (Lipinski definition) is 2. The van der Waals surface area contributed by atoms with Crippen molar-refractivity contribution < 1.29 is 19.1 Å². The Kier molecular flexibility index (Phi) is 6.93. The van der Waals surface area contributed by atoms with Crippen LogP contribution in [0.1, 0.15) is 52.0 Å². The Hall–Kier alpha value is -2.98. The molecule has 0 atom stereocenters. The summed E-state index contributed by atoms with van der Waals surface area (Å²) < 4.78 is 10.6. The first kappa shape index (κ1) is 22.3. The summed E-state index contributed by atoms with van der Waals surface area (Å²) >= 11 is 1.30. The van der Waals surface area contributed by atoms with Crippen LogP contribution in [-0.4, -0.2) is 23.4 Å². The smallest absolute Gasteiger partial charge is 0.412 e. The van der Waals surface area contributed by atoms with Crippen LogP contribution < -0.4 is 10.6 Å². The summed E-state index contributed by atoms with van der Waals surface area (Å²) in [4.78, 5) is 25.1. The van der Waals surface area contributed by atoms with Crippen molar-refractivity contribution in [1.29, 1.82) is 0 Å². The Morgan fingerprint density at radius 2 is 1.41 bits per heavy atom. The third-order valence-electron chi connectivity index (χ3n) is 3.15. The lowest BCUT2D eigenvalue weighted by Gasteiger charge is -2.21. The average Bonchev–Trinajstić information content (AvgIpc) is 2.92. The zero-order chi connectivity index (χ0) is 21.7. The standard InChI is InChI=1S/C22H26N2O4S/c1-21(2,3)27-19(25)23-16-14-29-17(13-12-15-10-8-7-9-11-15)18(16)24-20(26)28-22(4,5)6/h7-11,14H,1-6H3,(H,23,25)(H,24,26). The topological polar surface area (TPSA) is 76.7 Å². The minimum absolute atomic E-state index is 0.374. The van der Waals surface area contributed by atoms with E-state index in [1.54, 1.807) is 46.9 Å². The van der Waals surface area contributed by atoms with Gasteiger partial charge in [0.1, 0.15) is 16.1 Å². The fourth-order valence-corrected chi connectivity index (χ4v) is 2.94. The molecule has 0 saturated heterocycles. The third-order valence-corrected chi connectivity index (χ3v) is 4.04. The Balaban J connectivity index is 2.31. The molecule has 0 saturated carbocycles. The van der Waals surface area contributed by atoms with Gasteiger partial charge >= 0.3 is 12.2 Å². The fraction of sp³-hybridized carbons (Fsp3) is 0.364. The molecule has 0 bridgehead atoms. The SMILES string of the molecule is CC(C)(C)OC(=O)Nc1csc(C#Cc2ccccc2)c1NC(=O)OC(C)(C)C. The van der Waals surface area contributed by atoms with E-state index in [1.807, 2.05) is 30.3 Å². The maximum absolute atomic E-state index is 12.3. The summed E-state index contributed by atoms with van der Waals surface area (Å²) in [6, 6.07) is 9.49. The van der Waals surface area contributed by atoms with Crippen LogP contribution in [0.5, 0.6) is 0 Å². The van der Waals surface area contributed by atoms with E-state index in [2.05, 4.69) is 22.5 Å². The zero-order valence-corrected chi connectivity index (χ0v) is 18.3. The highest BCUT2D eigenvalue weighted by Crippen LogP contribution is 2.33. The van der Waals surface area contributed by atoms with Gasteiger partial charge in [0.15, 0.2) is 0 Å². The summed E-state index contributed by atoms with van der Waals surface area (Å²) in [6.45, 7) is 10.6. The predicted octanol–water partition coefficient (Wildman–Crippen LogP) is 5.84. The molecule has 1 aromatic carbocycles. The number of thiophene rings is 1. The van der Waals surface area contributed by atoms with Gasteiger partial charge in [0.2, 0.25) is 0 Å². The van der Waals surface area contributed by atoms with Crippen molar-refractivity contribution in [1.82, 2.24) is 0 Å². The number of carbonyl (C=O) groups excluding carboxylic acids is 2. The maximum Gasteiger partial charge on any atom is 0.412 e. The minimum Gasteiger partial charge on any atom is -0.444 e. The first-order chi connectivity index (χ1) is 13.4. The fourth-order valence-electron chi connectivity index (χ4n) is 2.14. The van der Waals surface area contributed by atoms with Crippen molar-refractivity contribution in [3.05, 3.63) is 46.2 Å². The summed E-state index contributed by atoms with van der Waals surface area (Å²) in [5, 5.41) is 7.06. The van der Waals surface area contributed by atoms with Crippen LogP contribution in [0.4, 0.5) is 21.0 Å². The third kappa shape index (κ3) is 7.88. The predicted molar refractivity (Wildman–Crippen MR) is 116 cm³/mol. The van der Waals surface area contributed by atoms with Crippen LogP contribution in [0.2, 0.25) is 0 Å². The van der Waals surface area contributed by atoms with Crippen LogP contribution in [0, 0.1) is 11.8 Å². The lowest BCUT2D eigenvalue weighted by atomic mass is 10.2. The van der Waals surface area contributed by atoms with Gasteiger partial charge in [0.05, 0.1) is 11.4 Å². The van der Waals surface area contributed by atoms with E-state index in [9.17, 15) is 9.59 Å². The molecule has 2 aromatic rings. The molecule has 154 valence electrons. The molecule has 0 unspecified atom stereocenters. The summed E-state index contributed by atoms with van der Waals surface area (Å²) in [6.07, 6.45) is -1.25. The van der Waals surface area contributed by atoms with Crippen molar-refractivity contribution >= 4 is 34.9 Å². The number of amides is 2. The number of carbonyl (C=O) groups is 2. The van der Waals surface area contributed by atoms with Crippen LogP contribution in [0.25, 0.3) is 0 Å². The second-order valence-corrected chi connectivity index (χ2v) is 9.10. The monoisotopic (exact) mass is 414 g/mol. The molecule has 0 aliphatic heterocycles. The molecule has 0 fully saturated rings. The van der Waals surface area contributed by atoms with Crippen molar-refractivity contribution in [3.8, 4) is 11.8 Å². The van der Waals surface area contributed by atoms with Gasteiger partial charge in [-0.2, -0.15) is 0 Å². The zero-order valence-electron chi connectivity index (χ0n) is 17.5. The molecule has 0 spiro atoms. The summed E-state index contributed by atoms with van der Waals surface area (Å²) in [5.74, 6) is 6.10. The van der Waals surface area contributed by atoms with E-state index >= 15 is 0 Å². The molecule has 2 N–H and O–H groups in total. The van der Waals surface area contributed by atoms with Crippen molar-refractivity contribution in [2.24, 2.45) is 0 Å². The van der Waals surface area contributed by atoms with Crippen LogP contribution >= 0.6 is 11.3 Å². The van der Waals surface area contributed by atoms with E-state index in [-0.39, 0.29) is 0 Å². The Morgan fingerprint density at radius 3 is 1.97 bits per heavy atom. The van der Waals surface area contributed by atoms with Crippen molar-refractivity contribution in [2.75, 3.05) is 10.6 Å². The normalized spacial score (nSPS) is 11.1. The highest BCUT2D eigenvalue weighted by atomic mass is 32.1. The number of hydrogen-bond acceptors (Lipinski definition) is 5. The maximum atomic E-state index is 12.3. The molecule has 0 radical (unpaired) electrons. The van der Waals surface area contributed by atoms with E-state index in [4.69, 9.17) is 9.47 Å². The molecule has 2 rings (SSSR count). The molecular weight excluding hydrogens is 388 g/mol. The van der Waals surface area contributed by atoms with Gasteiger partial charge < -0.3 is 9.47 Å². The second-order valence-electron chi connectivity index (χ2n) is 8.22. The van der Waals surface area contributed by atoms with Gasteiger partial charge in [-0.1, -0.05) is 24.1 Å². The molecule has 0 aliphatic rings. The first-order valence-electron chi connectivity index (χ1n) is 9.11. The Morgan fingerprint density at radius 1 is 0.862 bits per heavy atom. The van der Waals surface area contributed by atoms with Crippen LogP contribution in [0.3, 0.4) is 0 Å². The van der Waals surface area contributed by atoms with Gasteiger partial charge in [0.25, 0.3) is 0 Å². The Labute approximate surface area is 175 Å². The summed E-state index contributed by atoms with van der Waals surface area (Å²) in [5.41, 5.74) is 0.306. The molecule has 2 amide bonds. The lowest BCUT2D eigenvalue weighted by Crippen LogP contribution is -2.29. The van der Waals surface area contributed by atoms with Gasteiger partial charge in [-0.25, -0.2) is 9.59 Å². The lowest BCUT2D eigenvalue weighted by molar-refractivity contribution is 0.0621. The van der Waals surface area contributed by atoms with Gasteiger partial charge in [0, 0.05) is 10.9 Å². The largest absolute Gasteiger partial charge is 0.444 e. The van der Waals surface area contributed by atoms with Gasteiger partial charge in [-0.05, 0) is 59.6 Å². The van der Waals surface area contributed by atoms with E-state index in [0.29, 0.717) is 16.3 Å². The van der Waals surface area contributed by atoms with Crippen molar-refractivity contribution in [3.63, 3.8) is 0 Å². The van der Waals surface area contributed by atoms with E-state index in [0.717, 1.165) is 5.56 Å². The highest BCUT2D eigenvalue weighted by Gasteiger charge is 2.22. The highest BCUT2D eigenvalue weighted by molar-refractivity contribution is 7.11. The van der Waals surface area contributed by atoms with E-state index < -0.39 is 23.4 Å². The van der Waals surface area contributed by atoms with Crippen LogP contribution in [-0.2, 0) is 9.47 Å². The van der Waals surface area contributed by atoms with Crippen LogP contribution in [0.15, 0.2) is 35.7 Å². The number of rotatable bonds is 2. The number of benzene rings is 1. The molecule has 6 nitrogen and oxygen atoms in total. The molecule has 7 heteroatoms. The van der Waals surface area contributed by atoms with Crippen molar-refractivity contribution in [2.45, 2.75) is 52.7 Å². The minimum atomic E-state index is -0.658. The van der Waals surface area contributed by atoms with Gasteiger partial charge in [-0.3, -0.25) is 10.6 Å². The first-order valence-corrected chi connectivity index (χ1v) is 9.99. The van der Waals surface area contributed by atoms with E-state index in [1.165, 1.54) is 11.3 Å². The molecule has 29 heavy (non-hydrogen) atoms. The number of nitrogens with one attached hydrogen (secondary N) is 2. The average molecular weight is 415 g/mol. The second kappa shape index (κ2) is 9.01. The quantitative estimate of drug-likeness (QED) is 0.605.